The summed E-state index contributed by atoms with van der Waals surface area (Å²) in [6, 6.07) is -17.4. The lowest BCUT2D eigenvalue weighted by Crippen LogP contribution is -2.46. The average molecular weight is 1350 g/mol. The highest BCUT2D eigenvalue weighted by atomic mass is 16.4. The third kappa shape index (κ3) is 36.7. The van der Waals surface area contributed by atoms with Gasteiger partial charge in [0, 0.05) is 71.1 Å². The number of carboxylic acids is 10. The monoisotopic (exact) mass is 1350 g/mol. The Bertz CT molecular complexity index is 2850. The standard InChI is InChI=1S/C53H76N10O31/c1-23(64)3-4-26(45(77)78)55-36(67)15-6-28(47(81)82)57-38(69)17-8-30(49(85)86)59-40(71)19-10-32(51(89)90)61-42(73)21-12-34(53(93)94)63-43(74)22-13-33(52(91)92)62-41(72)20-11-31(50(87)88)60-39(70)18-9-29(48(83)84)58-37(68)16-7-27(46(79)80)56-35(66)14-5-25(44(75)76)54-24(2)65/h25-34H,3-22H2,1-2H3,(H,54,65)(H,55,67)(H,56,66)(H,57,69)(H,58,68)(H,59,71)(H,60,70)(H,61,73)(H,62,72)(H,63,74)(H,75,76)(H,77,78)(H,79,80)(H,81,82)(H,83,84)(H,85,86)(H,87,88)(H,89,90)(H,91,92)(H,93,94)/t25-,26-,27-,28-,29-,30-,31-,32-,33-,34-/m0/s1. The number of rotatable bonds is 50. The molecule has 0 aromatic heterocycles. The molecular formula is C53H76N10O31. The second-order valence-corrected chi connectivity index (χ2v) is 20.8. The third-order valence-electron chi connectivity index (χ3n) is 13.1. The first-order valence-corrected chi connectivity index (χ1v) is 28.4. The number of Topliss-reactive ketones (excluding diaryl/α,β-unsaturated/α-hetero) is 1. The Hall–Kier alpha value is -10.9. The van der Waals surface area contributed by atoms with Gasteiger partial charge in [0.25, 0.3) is 0 Å². The van der Waals surface area contributed by atoms with Crippen LogP contribution in [0.25, 0.3) is 0 Å². The van der Waals surface area contributed by atoms with Crippen LogP contribution >= 0.6 is 0 Å². The van der Waals surface area contributed by atoms with E-state index in [0.29, 0.717) is 0 Å². The lowest BCUT2D eigenvalue weighted by Gasteiger charge is -2.19. The second kappa shape index (κ2) is 42.9. The lowest BCUT2D eigenvalue weighted by atomic mass is 10.1. The highest BCUT2D eigenvalue weighted by molar-refractivity contribution is 5.92. The van der Waals surface area contributed by atoms with Crippen molar-refractivity contribution in [3.05, 3.63) is 0 Å². The molecule has 0 spiro atoms. The van der Waals surface area contributed by atoms with Gasteiger partial charge in [0.15, 0.2) is 0 Å². The molecule has 0 aliphatic rings. The Balaban J connectivity index is 5.27. The van der Waals surface area contributed by atoms with E-state index in [9.17, 15) is 147 Å². The lowest BCUT2D eigenvalue weighted by molar-refractivity contribution is -0.144. The molecule has 94 heavy (non-hydrogen) atoms. The SMILES string of the molecule is CC(=O)CC[C@H](NC(=O)CC[C@H](NC(=O)CC[C@H](NC(=O)CC[C@H](NC(=O)CC[C@H](NC(=O)CC[C@H](NC(=O)CC[C@H](NC(=O)CC[C@H](NC(=O)CC[C@H](NC(=O)CC[C@H](NC(C)=O)C(=O)O)C(=O)O)C(=O)O)C(=O)O)C(=O)O)C(=O)O)C(=O)O)C(=O)O)C(=O)O)C(=O)O. The molecule has 0 unspecified atom stereocenters. The van der Waals surface area contributed by atoms with E-state index in [-0.39, 0.29) is 18.6 Å². The Morgan fingerprint density at radius 2 is 0.298 bits per heavy atom. The van der Waals surface area contributed by atoms with Crippen molar-refractivity contribution in [2.24, 2.45) is 0 Å². The second-order valence-electron chi connectivity index (χ2n) is 20.8. The van der Waals surface area contributed by atoms with Crippen LogP contribution in [-0.4, -0.2) is 236 Å². The molecule has 0 aliphatic heterocycles. The summed E-state index contributed by atoms with van der Waals surface area (Å²) in [7, 11) is 0. The fourth-order valence-electron chi connectivity index (χ4n) is 8.04. The molecule has 0 fully saturated rings. The molecule has 0 aliphatic carbocycles. The summed E-state index contributed by atoms with van der Waals surface area (Å²) in [6.07, 6.45) is -12.6. The van der Waals surface area contributed by atoms with E-state index in [4.69, 9.17) is 5.11 Å². The highest BCUT2D eigenvalue weighted by Crippen LogP contribution is 2.11. The summed E-state index contributed by atoms with van der Waals surface area (Å²) in [5.74, 6) is -27.1. The number of carbonyl (C=O) groups is 21. The fourth-order valence-corrected chi connectivity index (χ4v) is 8.04. The van der Waals surface area contributed by atoms with Gasteiger partial charge in [0.05, 0.1) is 0 Å². The van der Waals surface area contributed by atoms with Gasteiger partial charge in [-0.3, -0.25) is 47.9 Å². The molecule has 0 saturated carbocycles. The maximum absolute atomic E-state index is 12.7. The molecule has 0 heterocycles. The highest BCUT2D eigenvalue weighted by Gasteiger charge is 2.32. The van der Waals surface area contributed by atoms with Crippen molar-refractivity contribution in [1.29, 1.82) is 0 Å². The Morgan fingerprint density at radius 3 is 0.394 bits per heavy atom. The first kappa shape index (κ1) is 83.1. The van der Waals surface area contributed by atoms with Gasteiger partial charge >= 0.3 is 59.7 Å². The van der Waals surface area contributed by atoms with Crippen molar-refractivity contribution in [2.45, 2.75) is 203 Å². The van der Waals surface area contributed by atoms with E-state index in [1.807, 2.05) is 31.9 Å². The van der Waals surface area contributed by atoms with Crippen molar-refractivity contribution >= 4 is 125 Å². The van der Waals surface area contributed by atoms with Crippen molar-refractivity contribution in [1.82, 2.24) is 53.2 Å². The molecular weight excluding hydrogens is 1270 g/mol. The smallest absolute Gasteiger partial charge is 0.326 e. The first-order chi connectivity index (χ1) is 43.7. The largest absolute Gasteiger partial charge is 0.480 e. The predicted octanol–water partition coefficient (Wildman–Crippen LogP) is -5.91. The number of carbonyl (C=O) groups excluding carboxylic acids is 11. The van der Waals surface area contributed by atoms with Crippen LogP contribution in [0.3, 0.4) is 0 Å². The van der Waals surface area contributed by atoms with E-state index in [1.165, 1.54) is 6.92 Å². The number of ketones is 1. The molecule has 0 rings (SSSR count). The third-order valence-corrected chi connectivity index (χ3v) is 13.1. The van der Waals surface area contributed by atoms with Crippen molar-refractivity contribution in [3.8, 4) is 0 Å². The molecule has 0 radical (unpaired) electrons. The molecule has 20 N–H and O–H groups in total. The van der Waals surface area contributed by atoms with Gasteiger partial charge in [-0.05, 0) is 71.1 Å². The minimum Gasteiger partial charge on any atom is -0.480 e. The van der Waals surface area contributed by atoms with E-state index in [0.717, 1.165) is 6.92 Å². The molecule has 10 amide bonds. The van der Waals surface area contributed by atoms with Crippen LogP contribution in [0, 0.1) is 0 Å². The zero-order chi connectivity index (χ0) is 72.1. The van der Waals surface area contributed by atoms with Crippen molar-refractivity contribution < 1.29 is 152 Å². The maximum atomic E-state index is 12.7. The summed E-state index contributed by atoms with van der Waals surface area (Å²) in [5, 5.41) is 116. The number of aliphatic carboxylic acids is 10. The first-order valence-electron chi connectivity index (χ1n) is 28.4. The van der Waals surface area contributed by atoms with E-state index in [1.54, 1.807) is 0 Å². The van der Waals surface area contributed by atoms with Crippen molar-refractivity contribution in [2.75, 3.05) is 0 Å². The summed E-state index contributed by atoms with van der Waals surface area (Å²) in [5.41, 5.74) is 0. The van der Waals surface area contributed by atoms with Gasteiger partial charge in [-0.25, -0.2) is 47.9 Å². The van der Waals surface area contributed by atoms with Crippen molar-refractivity contribution in [3.63, 3.8) is 0 Å². The zero-order valence-electron chi connectivity index (χ0n) is 50.5. The number of hydrogen-bond acceptors (Lipinski definition) is 21. The zero-order valence-corrected chi connectivity index (χ0v) is 50.5. The van der Waals surface area contributed by atoms with Crippen LogP contribution in [-0.2, 0) is 101 Å². The van der Waals surface area contributed by atoms with Crippen LogP contribution in [0.1, 0.15) is 142 Å². The molecule has 10 atom stereocenters. The minimum absolute atomic E-state index is 0.176. The molecule has 0 aromatic rings. The Kier molecular flexibility index (Phi) is 38.0. The number of hydrogen-bond donors (Lipinski definition) is 20. The number of carboxylic acid groups (broad SMARTS) is 10. The molecule has 41 nitrogen and oxygen atoms in total. The van der Waals surface area contributed by atoms with Gasteiger partial charge < -0.3 is 109 Å². The Morgan fingerprint density at radius 1 is 0.191 bits per heavy atom. The van der Waals surface area contributed by atoms with Gasteiger partial charge in [-0.1, -0.05) is 0 Å². The summed E-state index contributed by atoms with van der Waals surface area (Å²) < 4.78 is 0. The van der Waals surface area contributed by atoms with E-state index >= 15 is 0 Å². The van der Waals surface area contributed by atoms with Crippen LogP contribution in [0.15, 0.2) is 0 Å². The Labute approximate surface area is 531 Å². The molecule has 0 aromatic carbocycles. The summed E-state index contributed by atoms with van der Waals surface area (Å²) in [4.78, 5) is 253. The van der Waals surface area contributed by atoms with Gasteiger partial charge in [0.1, 0.15) is 66.2 Å². The van der Waals surface area contributed by atoms with Crippen LogP contribution in [0.2, 0.25) is 0 Å². The van der Waals surface area contributed by atoms with Gasteiger partial charge in [0.2, 0.25) is 59.1 Å². The average Bonchev–Trinajstić information content (AvgIpc) is 1.14. The quantitative estimate of drug-likeness (QED) is 0.0270. The van der Waals surface area contributed by atoms with Gasteiger partial charge in [-0.2, -0.15) is 0 Å². The molecule has 41 heteroatoms. The predicted molar refractivity (Wildman–Crippen MR) is 304 cm³/mol. The molecule has 524 valence electrons. The van der Waals surface area contributed by atoms with Crippen LogP contribution in [0.5, 0.6) is 0 Å². The maximum Gasteiger partial charge on any atom is 0.326 e. The van der Waals surface area contributed by atoms with E-state index < -0.39 is 295 Å². The topological polar surface area (TPSA) is 681 Å². The van der Waals surface area contributed by atoms with Gasteiger partial charge in [-0.15, -0.1) is 0 Å². The molecule has 0 bridgehead atoms. The number of nitrogens with one attached hydrogen (secondary N) is 10. The fraction of sp³-hybridized carbons (Fsp3) is 0.604. The molecule has 0 saturated heterocycles. The summed E-state index contributed by atoms with van der Waals surface area (Å²) in [6.45, 7) is 2.23. The normalized spacial score (nSPS) is 13.9. The minimum atomic E-state index is -1.87. The number of amides is 10. The van der Waals surface area contributed by atoms with Crippen LogP contribution < -0.4 is 53.2 Å². The summed E-state index contributed by atoms with van der Waals surface area (Å²) >= 11 is 0. The van der Waals surface area contributed by atoms with E-state index in [2.05, 4.69) is 21.3 Å². The van der Waals surface area contributed by atoms with Crippen LogP contribution in [0.4, 0.5) is 0 Å².